The molecule has 0 unspecified atom stereocenters. The van der Waals surface area contributed by atoms with Crippen molar-refractivity contribution in [3.05, 3.63) is 23.2 Å². The van der Waals surface area contributed by atoms with Crippen LogP contribution in [0, 0.1) is 0 Å². The second-order valence-corrected chi connectivity index (χ2v) is 4.63. The molecule has 0 spiro atoms. The van der Waals surface area contributed by atoms with Gasteiger partial charge in [0, 0.05) is 22.9 Å². The quantitative estimate of drug-likeness (QED) is 0.484. The predicted octanol–water partition coefficient (Wildman–Crippen LogP) is 3.14. The molecule has 0 amide bonds. The molecule has 0 N–H and O–H groups in total. The maximum absolute atomic E-state index is 11.1. The molecule has 102 valence electrons. The number of unbranched alkanes of at least 4 members (excludes halogenated alkanes) is 1. The van der Waals surface area contributed by atoms with Crippen LogP contribution >= 0.6 is 23.2 Å². The zero-order chi connectivity index (χ0) is 14.0. The van der Waals surface area contributed by atoms with E-state index in [0.717, 1.165) is 0 Å². The maximum atomic E-state index is 11.1. The third-order valence-electron chi connectivity index (χ3n) is 1.79. The fourth-order valence-corrected chi connectivity index (χ4v) is 1.11. The zero-order valence-electron chi connectivity index (χ0n) is 10.0. The molecule has 0 heterocycles. The minimum absolute atomic E-state index is 0.0142. The topological polar surface area (TPSA) is 52.6 Å². The predicted molar refractivity (Wildman–Crippen MR) is 70.4 cm³/mol. The fourth-order valence-electron chi connectivity index (χ4n) is 1.00. The van der Waals surface area contributed by atoms with Gasteiger partial charge in [-0.3, -0.25) is 9.59 Å². The first-order chi connectivity index (χ1) is 8.41. The molecule has 0 aliphatic carbocycles. The van der Waals surface area contributed by atoms with Gasteiger partial charge in [0.1, 0.15) is 13.2 Å². The molecule has 0 aromatic heterocycles. The summed E-state index contributed by atoms with van der Waals surface area (Å²) in [6.45, 7) is 6.81. The molecular weight excluding hydrogens is 279 g/mol. The van der Waals surface area contributed by atoms with Crippen LogP contribution in [0.3, 0.4) is 0 Å². The van der Waals surface area contributed by atoms with E-state index in [4.69, 9.17) is 32.7 Å². The summed E-state index contributed by atoms with van der Waals surface area (Å²) in [4.78, 5) is 22.3. The second-order valence-electron chi connectivity index (χ2n) is 3.56. The highest BCUT2D eigenvalue weighted by atomic mass is 35.5. The van der Waals surface area contributed by atoms with E-state index >= 15 is 0 Å². The van der Waals surface area contributed by atoms with Crippen molar-refractivity contribution < 1.29 is 19.1 Å². The minimum Gasteiger partial charge on any atom is -0.460 e. The van der Waals surface area contributed by atoms with E-state index in [1.54, 1.807) is 0 Å². The standard InChI is InChI=1S/C12H16Cl2O4/c1-9(13)7-17-11(15)5-3-4-6-12(16)18-8-10(2)14/h1-8H2. The number of ether oxygens (including phenoxy) is 2. The van der Waals surface area contributed by atoms with Crippen LogP contribution in [-0.2, 0) is 19.1 Å². The summed E-state index contributed by atoms with van der Waals surface area (Å²) in [5.74, 6) is -0.724. The highest BCUT2D eigenvalue weighted by Crippen LogP contribution is 2.06. The van der Waals surface area contributed by atoms with E-state index in [-0.39, 0.29) is 48.1 Å². The summed E-state index contributed by atoms with van der Waals surface area (Å²) < 4.78 is 9.55. The van der Waals surface area contributed by atoms with E-state index in [2.05, 4.69) is 13.2 Å². The van der Waals surface area contributed by atoms with E-state index in [1.165, 1.54) is 0 Å². The van der Waals surface area contributed by atoms with Crippen molar-refractivity contribution >= 4 is 35.1 Å². The first-order valence-electron chi connectivity index (χ1n) is 5.39. The van der Waals surface area contributed by atoms with Gasteiger partial charge in [-0.1, -0.05) is 36.4 Å². The summed E-state index contributed by atoms with van der Waals surface area (Å²) in [5, 5.41) is 0.543. The Morgan fingerprint density at radius 3 is 1.44 bits per heavy atom. The molecule has 0 bridgehead atoms. The molecule has 0 aromatic carbocycles. The van der Waals surface area contributed by atoms with E-state index in [0.29, 0.717) is 12.8 Å². The molecule has 0 aromatic rings. The largest absolute Gasteiger partial charge is 0.460 e. The number of carbonyl (C=O) groups excluding carboxylic acids is 2. The lowest BCUT2D eigenvalue weighted by Gasteiger charge is -2.04. The molecule has 6 heteroatoms. The van der Waals surface area contributed by atoms with Crippen LogP contribution in [0.15, 0.2) is 23.2 Å². The Morgan fingerprint density at radius 2 is 1.17 bits per heavy atom. The molecule has 0 rings (SSSR count). The number of esters is 2. The van der Waals surface area contributed by atoms with Crippen LogP contribution in [0.4, 0.5) is 0 Å². The van der Waals surface area contributed by atoms with Gasteiger partial charge in [0.05, 0.1) is 0 Å². The lowest BCUT2D eigenvalue weighted by molar-refractivity contribution is -0.144. The SMILES string of the molecule is C=C(Cl)COC(=O)CCCCC(=O)OCC(=C)Cl. The Kier molecular flexibility index (Phi) is 9.42. The monoisotopic (exact) mass is 294 g/mol. The smallest absolute Gasteiger partial charge is 0.306 e. The number of carbonyl (C=O) groups is 2. The highest BCUT2D eigenvalue weighted by Gasteiger charge is 2.06. The molecule has 0 saturated heterocycles. The number of hydrogen-bond acceptors (Lipinski definition) is 4. The van der Waals surface area contributed by atoms with Gasteiger partial charge < -0.3 is 9.47 Å². The molecular formula is C12H16Cl2O4. The van der Waals surface area contributed by atoms with Crippen molar-refractivity contribution in [1.29, 1.82) is 0 Å². The summed E-state index contributed by atoms with van der Waals surface area (Å²) in [5.41, 5.74) is 0. The van der Waals surface area contributed by atoms with Gasteiger partial charge in [-0.05, 0) is 12.8 Å². The van der Waals surface area contributed by atoms with Crippen molar-refractivity contribution in [3.8, 4) is 0 Å². The van der Waals surface area contributed by atoms with Crippen molar-refractivity contribution in [3.63, 3.8) is 0 Å². The van der Waals surface area contributed by atoms with Crippen LogP contribution < -0.4 is 0 Å². The molecule has 0 fully saturated rings. The zero-order valence-corrected chi connectivity index (χ0v) is 11.6. The summed E-state index contributed by atoms with van der Waals surface area (Å²) in [6.07, 6.45) is 1.56. The highest BCUT2D eigenvalue weighted by molar-refractivity contribution is 6.29. The third-order valence-corrected chi connectivity index (χ3v) is 2.01. The van der Waals surface area contributed by atoms with Crippen molar-refractivity contribution in [2.75, 3.05) is 13.2 Å². The second kappa shape index (κ2) is 9.97. The summed E-state index contributed by atoms with van der Waals surface area (Å²) >= 11 is 10.9. The van der Waals surface area contributed by atoms with E-state index in [1.807, 2.05) is 0 Å². The van der Waals surface area contributed by atoms with Crippen LogP contribution in [0.25, 0.3) is 0 Å². The van der Waals surface area contributed by atoms with Gasteiger partial charge in [0.15, 0.2) is 0 Å². The Hall–Kier alpha value is -1.00. The van der Waals surface area contributed by atoms with Gasteiger partial charge in [-0.25, -0.2) is 0 Å². The van der Waals surface area contributed by atoms with Crippen LogP contribution in [0.5, 0.6) is 0 Å². The molecule has 0 aliphatic heterocycles. The first kappa shape index (κ1) is 17.0. The van der Waals surface area contributed by atoms with Gasteiger partial charge in [-0.15, -0.1) is 0 Å². The van der Waals surface area contributed by atoms with Gasteiger partial charge >= 0.3 is 11.9 Å². The van der Waals surface area contributed by atoms with Crippen molar-refractivity contribution in [2.45, 2.75) is 25.7 Å². The normalized spacial score (nSPS) is 9.67. The number of halogens is 2. The van der Waals surface area contributed by atoms with Crippen LogP contribution in [-0.4, -0.2) is 25.2 Å². The first-order valence-corrected chi connectivity index (χ1v) is 6.15. The van der Waals surface area contributed by atoms with Gasteiger partial charge in [-0.2, -0.15) is 0 Å². The molecule has 0 radical (unpaired) electrons. The van der Waals surface area contributed by atoms with Gasteiger partial charge in [0.2, 0.25) is 0 Å². The summed E-state index contributed by atoms with van der Waals surface area (Å²) in [7, 11) is 0. The molecule has 4 nitrogen and oxygen atoms in total. The summed E-state index contributed by atoms with van der Waals surface area (Å²) in [6, 6.07) is 0. The molecule has 0 aliphatic rings. The van der Waals surface area contributed by atoms with Gasteiger partial charge in [0.25, 0.3) is 0 Å². The maximum Gasteiger partial charge on any atom is 0.306 e. The average molecular weight is 295 g/mol. The third kappa shape index (κ3) is 11.5. The number of hydrogen-bond donors (Lipinski definition) is 0. The van der Waals surface area contributed by atoms with E-state index in [9.17, 15) is 9.59 Å². The Balaban J connectivity index is 3.49. The van der Waals surface area contributed by atoms with Crippen LogP contribution in [0.2, 0.25) is 0 Å². The van der Waals surface area contributed by atoms with Crippen LogP contribution in [0.1, 0.15) is 25.7 Å². The Morgan fingerprint density at radius 1 is 0.833 bits per heavy atom. The van der Waals surface area contributed by atoms with Crippen molar-refractivity contribution in [2.24, 2.45) is 0 Å². The fraction of sp³-hybridized carbons (Fsp3) is 0.500. The van der Waals surface area contributed by atoms with Crippen molar-refractivity contribution in [1.82, 2.24) is 0 Å². The lowest BCUT2D eigenvalue weighted by Crippen LogP contribution is -2.07. The lowest BCUT2D eigenvalue weighted by atomic mass is 10.2. The minimum atomic E-state index is -0.362. The Labute approximate surface area is 117 Å². The average Bonchev–Trinajstić information content (AvgIpc) is 2.29. The van der Waals surface area contributed by atoms with E-state index < -0.39 is 0 Å². The molecule has 0 saturated carbocycles. The molecule has 0 atom stereocenters. The number of rotatable bonds is 9. The molecule has 18 heavy (non-hydrogen) atoms. The Bertz CT molecular complexity index is 294.